The molecule has 0 aromatic heterocycles. The van der Waals surface area contributed by atoms with E-state index in [1.54, 1.807) is 18.2 Å². The van der Waals surface area contributed by atoms with Crippen molar-refractivity contribution in [2.75, 3.05) is 6.54 Å². The van der Waals surface area contributed by atoms with Crippen LogP contribution < -0.4 is 10.1 Å². The van der Waals surface area contributed by atoms with E-state index >= 15 is 0 Å². The Morgan fingerprint density at radius 1 is 1.09 bits per heavy atom. The Hall–Kier alpha value is -3.04. The molecule has 1 aliphatic rings. The summed E-state index contributed by atoms with van der Waals surface area (Å²) < 4.78 is 50.8. The van der Waals surface area contributed by atoms with Crippen LogP contribution in [-0.2, 0) is 17.5 Å². The number of Topliss-reactive ketones (excluding diaryl/α,β-unsaturated/α-hetero) is 1. The Bertz CT molecular complexity index is 1240. The maximum Gasteiger partial charge on any atom is 0.416 e. The summed E-state index contributed by atoms with van der Waals surface area (Å²) in [5, 5.41) is 2.86. The van der Waals surface area contributed by atoms with Crippen LogP contribution in [-0.4, -0.2) is 18.4 Å². The number of rotatable bonds is 5. The number of benzene rings is 3. The number of fused-ring (bicyclic) bond motifs is 1. The molecule has 5 nitrogen and oxygen atoms in total. The fourth-order valence-electron chi connectivity index (χ4n) is 3.74. The predicted molar refractivity (Wildman–Crippen MR) is 126 cm³/mol. The average molecular weight is 569 g/mol. The van der Waals surface area contributed by atoms with Gasteiger partial charge in [-0.25, -0.2) is 4.79 Å². The second-order valence-corrected chi connectivity index (χ2v) is 9.13. The zero-order valence-corrected chi connectivity index (χ0v) is 20.3. The van der Waals surface area contributed by atoms with Crippen molar-refractivity contribution in [3.05, 3.63) is 98.5 Å². The van der Waals surface area contributed by atoms with E-state index in [2.05, 4.69) is 21.2 Å². The third-order valence-corrected chi connectivity index (χ3v) is 6.27. The molecule has 1 amide bonds. The van der Waals surface area contributed by atoms with Crippen LogP contribution in [0, 0.1) is 5.92 Å². The first kappa shape index (κ1) is 25.1. The van der Waals surface area contributed by atoms with Crippen molar-refractivity contribution in [2.24, 2.45) is 5.92 Å². The first-order valence-corrected chi connectivity index (χ1v) is 11.6. The number of halogens is 5. The molecule has 3 aromatic rings. The van der Waals surface area contributed by atoms with Crippen LogP contribution in [0.5, 0.6) is 5.75 Å². The number of alkyl carbamates (subject to hydrolysis) is 1. The molecule has 182 valence electrons. The number of ketones is 1. The third-order valence-electron chi connectivity index (χ3n) is 5.47. The lowest BCUT2D eigenvalue weighted by Crippen LogP contribution is -2.40. The van der Waals surface area contributed by atoms with Gasteiger partial charge in [-0.1, -0.05) is 54.1 Å². The van der Waals surface area contributed by atoms with Gasteiger partial charge in [0.25, 0.3) is 0 Å². The van der Waals surface area contributed by atoms with E-state index in [0.29, 0.717) is 15.1 Å². The first-order chi connectivity index (χ1) is 16.6. The highest BCUT2D eigenvalue weighted by molar-refractivity contribution is 9.10. The maximum atomic E-state index is 13.4. The Morgan fingerprint density at radius 2 is 1.77 bits per heavy atom. The number of hydrogen-bond donors (Lipinski definition) is 1. The highest BCUT2D eigenvalue weighted by Crippen LogP contribution is 2.44. The molecule has 1 heterocycles. The van der Waals surface area contributed by atoms with Crippen LogP contribution >= 0.6 is 27.5 Å². The van der Waals surface area contributed by atoms with Gasteiger partial charge in [-0.05, 0) is 51.3 Å². The topological polar surface area (TPSA) is 64.6 Å². The molecule has 2 unspecified atom stereocenters. The number of amides is 1. The molecular weight excluding hydrogens is 551 g/mol. The summed E-state index contributed by atoms with van der Waals surface area (Å²) in [6, 6.07) is 16.4. The Labute approximate surface area is 212 Å². The van der Waals surface area contributed by atoms with Gasteiger partial charge in [0.1, 0.15) is 18.5 Å². The molecule has 10 heteroatoms. The van der Waals surface area contributed by atoms with E-state index in [-0.39, 0.29) is 30.2 Å². The van der Waals surface area contributed by atoms with Gasteiger partial charge in [0, 0.05) is 11.6 Å². The minimum atomic E-state index is -4.50. The SMILES string of the molecule is O=C(NCC1C(=O)c2cc(Cl)cc(Br)c2OC1c1ccc(C(F)(F)F)cc1)OCc1ccccc1. The van der Waals surface area contributed by atoms with E-state index in [1.165, 1.54) is 18.2 Å². The zero-order chi connectivity index (χ0) is 25.2. The van der Waals surface area contributed by atoms with E-state index in [1.807, 2.05) is 18.2 Å². The second kappa shape index (κ2) is 10.3. The van der Waals surface area contributed by atoms with Crippen LogP contribution in [0.4, 0.5) is 18.0 Å². The van der Waals surface area contributed by atoms with Crippen molar-refractivity contribution >= 4 is 39.4 Å². The molecule has 0 radical (unpaired) electrons. The quantitative estimate of drug-likeness (QED) is 0.361. The summed E-state index contributed by atoms with van der Waals surface area (Å²) >= 11 is 9.42. The van der Waals surface area contributed by atoms with E-state index in [9.17, 15) is 22.8 Å². The summed E-state index contributed by atoms with van der Waals surface area (Å²) in [5.74, 6) is -1.08. The molecule has 1 N–H and O–H groups in total. The van der Waals surface area contributed by atoms with Crippen molar-refractivity contribution in [3.63, 3.8) is 0 Å². The molecule has 0 saturated carbocycles. The number of alkyl halides is 3. The minimum Gasteiger partial charge on any atom is -0.483 e. The average Bonchev–Trinajstić information content (AvgIpc) is 2.82. The highest BCUT2D eigenvalue weighted by Gasteiger charge is 2.40. The molecule has 3 aromatic carbocycles. The number of hydrogen-bond acceptors (Lipinski definition) is 4. The van der Waals surface area contributed by atoms with Crippen molar-refractivity contribution in [1.29, 1.82) is 0 Å². The van der Waals surface area contributed by atoms with Gasteiger partial charge in [-0.15, -0.1) is 0 Å². The largest absolute Gasteiger partial charge is 0.483 e. The number of nitrogens with one attached hydrogen (secondary N) is 1. The molecule has 1 aliphatic heterocycles. The van der Waals surface area contributed by atoms with Crippen molar-refractivity contribution < 1.29 is 32.2 Å². The fourth-order valence-corrected chi connectivity index (χ4v) is 4.64. The van der Waals surface area contributed by atoms with Crippen LogP contribution in [0.1, 0.15) is 33.2 Å². The summed E-state index contributed by atoms with van der Waals surface area (Å²) in [6.07, 6.45) is -6.20. The van der Waals surface area contributed by atoms with E-state index < -0.39 is 29.9 Å². The summed E-state index contributed by atoms with van der Waals surface area (Å²) in [4.78, 5) is 25.7. The normalized spacial score (nSPS) is 17.3. The molecule has 2 atom stereocenters. The molecule has 4 rings (SSSR count). The monoisotopic (exact) mass is 567 g/mol. The first-order valence-electron chi connectivity index (χ1n) is 10.4. The Balaban J connectivity index is 1.57. The molecule has 0 bridgehead atoms. The van der Waals surface area contributed by atoms with Gasteiger partial charge in [0.15, 0.2) is 5.78 Å². The summed E-state index contributed by atoms with van der Waals surface area (Å²) in [7, 11) is 0. The van der Waals surface area contributed by atoms with Gasteiger partial charge >= 0.3 is 12.3 Å². The molecule has 0 fully saturated rings. The molecule has 35 heavy (non-hydrogen) atoms. The van der Waals surface area contributed by atoms with Gasteiger partial charge in [0.2, 0.25) is 0 Å². The minimum absolute atomic E-state index is 0.0372. The lowest BCUT2D eigenvalue weighted by atomic mass is 9.85. The van der Waals surface area contributed by atoms with Crippen LogP contribution in [0.3, 0.4) is 0 Å². The zero-order valence-electron chi connectivity index (χ0n) is 17.9. The highest BCUT2D eigenvalue weighted by atomic mass is 79.9. The molecular formula is C25H18BrClF3NO4. The third kappa shape index (κ3) is 5.79. The molecule has 0 spiro atoms. The lowest BCUT2D eigenvalue weighted by Gasteiger charge is -2.33. The van der Waals surface area contributed by atoms with Crippen LogP contribution in [0.25, 0.3) is 0 Å². The molecule has 0 aliphatic carbocycles. The van der Waals surface area contributed by atoms with E-state index in [0.717, 1.165) is 17.7 Å². The standard InChI is InChI=1S/C25H18BrClF3NO4/c26-20-11-17(27)10-18-21(32)19(12-31-24(33)34-13-14-4-2-1-3-5-14)22(35-23(18)20)15-6-8-16(9-7-15)25(28,29)30/h1-11,19,22H,12-13H2,(H,31,33). The Kier molecular flexibility index (Phi) is 7.37. The van der Waals surface area contributed by atoms with Gasteiger partial charge in [0.05, 0.1) is 21.5 Å². The number of carbonyl (C=O) groups is 2. The lowest BCUT2D eigenvalue weighted by molar-refractivity contribution is -0.137. The van der Waals surface area contributed by atoms with Crippen LogP contribution in [0.2, 0.25) is 5.02 Å². The van der Waals surface area contributed by atoms with Gasteiger partial charge in [-0.3, -0.25) is 4.79 Å². The van der Waals surface area contributed by atoms with Crippen LogP contribution in [0.15, 0.2) is 71.2 Å². The number of carbonyl (C=O) groups excluding carboxylic acids is 2. The number of ether oxygens (including phenoxy) is 2. The summed E-state index contributed by atoms with van der Waals surface area (Å²) in [5.41, 5.74) is 0.520. The maximum absolute atomic E-state index is 13.4. The van der Waals surface area contributed by atoms with E-state index in [4.69, 9.17) is 21.1 Å². The molecule has 0 saturated heterocycles. The predicted octanol–water partition coefficient (Wildman–Crippen LogP) is 6.98. The Morgan fingerprint density at radius 3 is 2.43 bits per heavy atom. The fraction of sp³-hybridized carbons (Fsp3) is 0.200. The second-order valence-electron chi connectivity index (χ2n) is 7.84. The van der Waals surface area contributed by atoms with Crippen molar-refractivity contribution in [1.82, 2.24) is 5.32 Å². The van der Waals surface area contributed by atoms with Gasteiger partial charge in [-0.2, -0.15) is 13.2 Å². The van der Waals surface area contributed by atoms with Crippen molar-refractivity contribution in [2.45, 2.75) is 18.9 Å². The van der Waals surface area contributed by atoms with Crippen molar-refractivity contribution in [3.8, 4) is 5.75 Å². The summed E-state index contributed by atoms with van der Waals surface area (Å²) in [6.45, 7) is -0.128. The van der Waals surface area contributed by atoms with Gasteiger partial charge < -0.3 is 14.8 Å². The smallest absolute Gasteiger partial charge is 0.416 e.